The van der Waals surface area contributed by atoms with Gasteiger partial charge in [0.1, 0.15) is 0 Å². The topological polar surface area (TPSA) is 55.6 Å². The number of hydrogen-bond donors (Lipinski definition) is 1. The van der Waals surface area contributed by atoms with Crippen LogP contribution in [-0.2, 0) is 16.1 Å². The van der Waals surface area contributed by atoms with Crippen LogP contribution in [0.1, 0.15) is 25.3 Å². The van der Waals surface area contributed by atoms with E-state index in [-0.39, 0.29) is 5.91 Å². The lowest BCUT2D eigenvalue weighted by Crippen LogP contribution is -2.28. The average molecular weight is 250 g/mol. The molecule has 1 rings (SSSR count). The van der Waals surface area contributed by atoms with Gasteiger partial charge in [-0.15, -0.1) is 0 Å². The van der Waals surface area contributed by atoms with Crippen LogP contribution in [0, 0.1) is 0 Å². The second-order valence-corrected chi connectivity index (χ2v) is 4.15. The standard InChI is InChI=1S/C14H22N2O2/c1-3-9-18-10-8-14(17)16(2)13-7-5-4-6-12(13)11-15/h4-7H,3,8-11,15H2,1-2H3. The molecule has 0 heterocycles. The minimum Gasteiger partial charge on any atom is -0.381 e. The summed E-state index contributed by atoms with van der Waals surface area (Å²) < 4.78 is 5.32. The van der Waals surface area contributed by atoms with Gasteiger partial charge >= 0.3 is 0 Å². The van der Waals surface area contributed by atoms with E-state index in [1.807, 2.05) is 31.2 Å². The summed E-state index contributed by atoms with van der Waals surface area (Å²) in [4.78, 5) is 13.6. The molecule has 0 aromatic heterocycles. The summed E-state index contributed by atoms with van der Waals surface area (Å²) >= 11 is 0. The first-order valence-corrected chi connectivity index (χ1v) is 6.33. The van der Waals surface area contributed by atoms with Gasteiger partial charge in [0.25, 0.3) is 0 Å². The molecule has 0 bridgehead atoms. The number of carbonyl (C=O) groups is 1. The van der Waals surface area contributed by atoms with Crippen molar-refractivity contribution in [2.75, 3.05) is 25.2 Å². The molecule has 0 aliphatic heterocycles. The Morgan fingerprint density at radius 1 is 1.33 bits per heavy atom. The Morgan fingerprint density at radius 3 is 2.72 bits per heavy atom. The molecule has 0 aliphatic rings. The van der Waals surface area contributed by atoms with Gasteiger partial charge in [0.05, 0.1) is 13.0 Å². The van der Waals surface area contributed by atoms with Crippen LogP contribution in [0.5, 0.6) is 0 Å². The summed E-state index contributed by atoms with van der Waals surface area (Å²) in [5.41, 5.74) is 7.52. The average Bonchev–Trinajstić information content (AvgIpc) is 2.42. The van der Waals surface area contributed by atoms with E-state index < -0.39 is 0 Å². The predicted molar refractivity (Wildman–Crippen MR) is 73.5 cm³/mol. The Bertz CT molecular complexity index is 380. The van der Waals surface area contributed by atoms with Crippen LogP contribution in [0.4, 0.5) is 5.69 Å². The molecule has 4 heteroatoms. The van der Waals surface area contributed by atoms with Gasteiger partial charge in [-0.3, -0.25) is 4.79 Å². The summed E-state index contributed by atoms with van der Waals surface area (Å²) in [6, 6.07) is 7.68. The van der Waals surface area contributed by atoms with Gasteiger partial charge in [-0.25, -0.2) is 0 Å². The van der Waals surface area contributed by atoms with E-state index >= 15 is 0 Å². The normalized spacial score (nSPS) is 10.4. The summed E-state index contributed by atoms with van der Waals surface area (Å²) in [7, 11) is 1.77. The highest BCUT2D eigenvalue weighted by atomic mass is 16.5. The van der Waals surface area contributed by atoms with Gasteiger partial charge in [0, 0.05) is 25.9 Å². The first kappa shape index (κ1) is 14.7. The lowest BCUT2D eigenvalue weighted by Gasteiger charge is -2.20. The van der Waals surface area contributed by atoms with Gasteiger partial charge < -0.3 is 15.4 Å². The molecule has 1 amide bonds. The molecule has 0 saturated carbocycles. The molecule has 18 heavy (non-hydrogen) atoms. The van der Waals surface area contributed by atoms with Crippen LogP contribution in [0.25, 0.3) is 0 Å². The fourth-order valence-electron chi connectivity index (χ4n) is 1.72. The summed E-state index contributed by atoms with van der Waals surface area (Å²) in [5, 5.41) is 0. The third-order valence-corrected chi connectivity index (χ3v) is 2.76. The Labute approximate surface area is 109 Å². The zero-order chi connectivity index (χ0) is 13.4. The van der Waals surface area contributed by atoms with E-state index in [1.54, 1.807) is 11.9 Å². The zero-order valence-corrected chi connectivity index (χ0v) is 11.2. The summed E-state index contributed by atoms with van der Waals surface area (Å²) in [6.45, 7) is 3.66. The van der Waals surface area contributed by atoms with E-state index in [0.717, 1.165) is 17.7 Å². The van der Waals surface area contributed by atoms with Gasteiger partial charge in [-0.05, 0) is 18.1 Å². The number of ether oxygens (including phenoxy) is 1. The van der Waals surface area contributed by atoms with Crippen LogP contribution in [0.3, 0.4) is 0 Å². The fraction of sp³-hybridized carbons (Fsp3) is 0.500. The van der Waals surface area contributed by atoms with Gasteiger partial charge in [-0.2, -0.15) is 0 Å². The first-order valence-electron chi connectivity index (χ1n) is 6.33. The third-order valence-electron chi connectivity index (χ3n) is 2.76. The lowest BCUT2D eigenvalue weighted by atomic mass is 10.1. The van der Waals surface area contributed by atoms with Crippen molar-refractivity contribution in [1.29, 1.82) is 0 Å². The van der Waals surface area contributed by atoms with Crippen molar-refractivity contribution in [2.45, 2.75) is 26.3 Å². The van der Waals surface area contributed by atoms with Crippen LogP contribution in [-0.4, -0.2) is 26.2 Å². The first-order chi connectivity index (χ1) is 8.70. The van der Waals surface area contributed by atoms with Crippen LogP contribution < -0.4 is 10.6 Å². The van der Waals surface area contributed by atoms with Crippen molar-refractivity contribution < 1.29 is 9.53 Å². The highest BCUT2D eigenvalue weighted by Gasteiger charge is 2.13. The highest BCUT2D eigenvalue weighted by molar-refractivity contribution is 5.93. The molecule has 0 spiro atoms. The van der Waals surface area contributed by atoms with E-state index in [1.165, 1.54) is 0 Å². The minimum absolute atomic E-state index is 0.0482. The third kappa shape index (κ3) is 4.13. The maximum atomic E-state index is 12.0. The van der Waals surface area contributed by atoms with Gasteiger partial charge in [-0.1, -0.05) is 25.1 Å². The number of nitrogens with zero attached hydrogens (tertiary/aromatic N) is 1. The molecule has 0 radical (unpaired) electrons. The van der Waals surface area contributed by atoms with E-state index in [9.17, 15) is 4.79 Å². The molecule has 1 aromatic carbocycles. The second-order valence-electron chi connectivity index (χ2n) is 4.15. The largest absolute Gasteiger partial charge is 0.381 e. The number of carbonyl (C=O) groups excluding carboxylic acids is 1. The number of anilines is 1. The number of amides is 1. The smallest absolute Gasteiger partial charge is 0.229 e. The molecule has 0 atom stereocenters. The number of rotatable bonds is 7. The quantitative estimate of drug-likeness (QED) is 0.752. The summed E-state index contributed by atoms with van der Waals surface area (Å²) in [5.74, 6) is 0.0482. The Morgan fingerprint density at radius 2 is 2.06 bits per heavy atom. The van der Waals surface area contributed by atoms with Crippen molar-refractivity contribution in [3.8, 4) is 0 Å². The molecular formula is C14H22N2O2. The van der Waals surface area contributed by atoms with E-state index in [0.29, 0.717) is 26.2 Å². The minimum atomic E-state index is 0.0482. The molecule has 100 valence electrons. The van der Waals surface area contributed by atoms with Crippen LogP contribution in [0.15, 0.2) is 24.3 Å². The van der Waals surface area contributed by atoms with Crippen molar-refractivity contribution in [3.63, 3.8) is 0 Å². The number of benzene rings is 1. The summed E-state index contributed by atoms with van der Waals surface area (Å²) in [6.07, 6.45) is 1.37. The molecule has 0 fully saturated rings. The molecule has 4 nitrogen and oxygen atoms in total. The van der Waals surface area contributed by atoms with Gasteiger partial charge in [0.15, 0.2) is 0 Å². The second kappa shape index (κ2) is 7.84. The van der Waals surface area contributed by atoms with Crippen molar-refractivity contribution in [2.24, 2.45) is 5.73 Å². The molecule has 2 N–H and O–H groups in total. The van der Waals surface area contributed by atoms with Crippen LogP contribution in [0.2, 0.25) is 0 Å². The fourth-order valence-corrected chi connectivity index (χ4v) is 1.72. The number of nitrogens with two attached hydrogens (primary N) is 1. The van der Waals surface area contributed by atoms with Crippen molar-refractivity contribution >= 4 is 11.6 Å². The Balaban J connectivity index is 2.57. The molecule has 0 aliphatic carbocycles. The van der Waals surface area contributed by atoms with Crippen LogP contribution >= 0.6 is 0 Å². The maximum absolute atomic E-state index is 12.0. The van der Waals surface area contributed by atoms with E-state index in [4.69, 9.17) is 10.5 Å². The number of hydrogen-bond acceptors (Lipinski definition) is 3. The van der Waals surface area contributed by atoms with E-state index in [2.05, 4.69) is 0 Å². The van der Waals surface area contributed by atoms with Crippen molar-refractivity contribution in [1.82, 2.24) is 0 Å². The predicted octanol–water partition coefficient (Wildman–Crippen LogP) is 1.92. The molecule has 0 unspecified atom stereocenters. The monoisotopic (exact) mass is 250 g/mol. The Hall–Kier alpha value is -1.39. The van der Waals surface area contributed by atoms with Crippen molar-refractivity contribution in [3.05, 3.63) is 29.8 Å². The molecular weight excluding hydrogens is 228 g/mol. The molecule has 1 aromatic rings. The molecule has 0 saturated heterocycles. The number of para-hydroxylation sites is 1. The Kier molecular flexibility index (Phi) is 6.39. The maximum Gasteiger partial charge on any atom is 0.229 e. The van der Waals surface area contributed by atoms with Gasteiger partial charge in [0.2, 0.25) is 5.91 Å². The lowest BCUT2D eigenvalue weighted by molar-refractivity contribution is -0.119. The SMILES string of the molecule is CCCOCCC(=O)N(C)c1ccccc1CN. The zero-order valence-electron chi connectivity index (χ0n) is 11.2. The highest BCUT2D eigenvalue weighted by Crippen LogP contribution is 2.19.